The molecular formula is C20H23NO3. The van der Waals surface area contributed by atoms with Crippen LogP contribution in [0.3, 0.4) is 0 Å². The molecule has 2 rings (SSSR count). The molecule has 1 amide bonds. The minimum Gasteiger partial charge on any atom is -0.396 e. The molecule has 0 bridgehead atoms. The third-order valence-electron chi connectivity index (χ3n) is 4.18. The van der Waals surface area contributed by atoms with Gasteiger partial charge in [0.1, 0.15) is 6.29 Å². The van der Waals surface area contributed by atoms with Crippen LogP contribution in [0.4, 0.5) is 0 Å². The van der Waals surface area contributed by atoms with Gasteiger partial charge in [-0.15, -0.1) is 6.58 Å². The molecule has 1 aromatic carbocycles. The smallest absolute Gasteiger partial charge is 0.255 e. The second-order valence-electron chi connectivity index (χ2n) is 5.79. The molecule has 4 heteroatoms. The second-order valence-corrected chi connectivity index (χ2v) is 5.79. The van der Waals surface area contributed by atoms with Gasteiger partial charge >= 0.3 is 0 Å². The highest BCUT2D eigenvalue weighted by Gasteiger charge is 2.32. The molecule has 0 saturated heterocycles. The van der Waals surface area contributed by atoms with E-state index in [1.54, 1.807) is 11.0 Å². The van der Waals surface area contributed by atoms with E-state index in [1.165, 1.54) is 0 Å². The number of amides is 1. The van der Waals surface area contributed by atoms with Gasteiger partial charge in [-0.25, -0.2) is 0 Å². The number of aliphatic hydroxyl groups excluding tert-OH is 1. The fourth-order valence-corrected chi connectivity index (χ4v) is 2.86. The molecule has 1 heterocycles. The molecule has 126 valence electrons. The molecule has 1 N–H and O–H groups in total. The maximum absolute atomic E-state index is 12.6. The molecule has 0 aliphatic carbocycles. The van der Waals surface area contributed by atoms with Crippen LogP contribution in [0.5, 0.6) is 0 Å². The van der Waals surface area contributed by atoms with Gasteiger partial charge < -0.3 is 14.8 Å². The van der Waals surface area contributed by atoms with Crippen molar-refractivity contribution in [2.24, 2.45) is 0 Å². The van der Waals surface area contributed by atoms with Crippen LogP contribution in [0, 0.1) is 11.8 Å². The molecule has 24 heavy (non-hydrogen) atoms. The van der Waals surface area contributed by atoms with Crippen LogP contribution in [-0.4, -0.2) is 34.8 Å². The molecule has 1 aliphatic heterocycles. The van der Waals surface area contributed by atoms with Gasteiger partial charge in [0, 0.05) is 37.1 Å². The predicted octanol–water partition coefficient (Wildman–Crippen LogP) is 2.69. The zero-order valence-electron chi connectivity index (χ0n) is 13.8. The molecule has 1 atom stereocenters. The van der Waals surface area contributed by atoms with Crippen LogP contribution in [0.1, 0.15) is 53.6 Å². The summed E-state index contributed by atoms with van der Waals surface area (Å²) in [5.74, 6) is 6.25. The second kappa shape index (κ2) is 9.05. The van der Waals surface area contributed by atoms with E-state index in [-0.39, 0.29) is 18.6 Å². The van der Waals surface area contributed by atoms with Crippen LogP contribution < -0.4 is 0 Å². The fourth-order valence-electron chi connectivity index (χ4n) is 2.86. The zero-order valence-corrected chi connectivity index (χ0v) is 13.8. The standard InChI is InChI=1S/C20H23NO3/c1-2-17(11-8-14-23)21-15-19-16(9-5-3-4-6-13-22)10-7-12-18(19)20(21)24/h2,7,10,12,14,17,22H,1,3-4,6,8,11,13,15H2. The topological polar surface area (TPSA) is 57.6 Å². The molecule has 0 spiro atoms. The van der Waals surface area contributed by atoms with Crippen molar-refractivity contribution in [2.75, 3.05) is 6.61 Å². The summed E-state index contributed by atoms with van der Waals surface area (Å²) in [5, 5.41) is 8.78. The van der Waals surface area contributed by atoms with Crippen molar-refractivity contribution in [3.63, 3.8) is 0 Å². The van der Waals surface area contributed by atoms with E-state index >= 15 is 0 Å². The summed E-state index contributed by atoms with van der Waals surface area (Å²) in [6.07, 6.45) is 5.96. The number of hydrogen-bond acceptors (Lipinski definition) is 3. The zero-order chi connectivity index (χ0) is 17.4. The van der Waals surface area contributed by atoms with E-state index in [9.17, 15) is 9.59 Å². The lowest BCUT2D eigenvalue weighted by Gasteiger charge is -2.24. The van der Waals surface area contributed by atoms with E-state index in [0.717, 1.165) is 36.7 Å². The number of aliphatic hydroxyl groups is 1. The molecule has 0 radical (unpaired) electrons. The van der Waals surface area contributed by atoms with Crippen molar-refractivity contribution in [3.05, 3.63) is 47.5 Å². The van der Waals surface area contributed by atoms with Gasteiger partial charge in [0.15, 0.2) is 0 Å². The molecule has 4 nitrogen and oxygen atoms in total. The number of carbonyl (C=O) groups is 2. The van der Waals surface area contributed by atoms with E-state index in [1.807, 2.05) is 18.2 Å². The molecule has 1 aromatic rings. The fraction of sp³-hybridized carbons (Fsp3) is 0.400. The highest BCUT2D eigenvalue weighted by Crippen LogP contribution is 2.28. The highest BCUT2D eigenvalue weighted by molar-refractivity contribution is 5.99. The Morgan fingerprint density at radius 3 is 2.92 bits per heavy atom. The van der Waals surface area contributed by atoms with Gasteiger partial charge in [-0.05, 0) is 37.0 Å². The van der Waals surface area contributed by atoms with E-state index < -0.39 is 0 Å². The first kappa shape index (κ1) is 18.0. The Bertz CT molecular complexity index is 669. The third-order valence-corrected chi connectivity index (χ3v) is 4.18. The normalized spacial score (nSPS) is 13.9. The van der Waals surface area contributed by atoms with Crippen molar-refractivity contribution in [2.45, 2.75) is 44.7 Å². The Morgan fingerprint density at radius 2 is 2.21 bits per heavy atom. The SMILES string of the molecule is C=CC(CCC=O)N1Cc2c(C#CCCCCO)cccc2C1=O. The Kier molecular flexibility index (Phi) is 6.77. The van der Waals surface area contributed by atoms with Crippen LogP contribution in [0.25, 0.3) is 0 Å². The van der Waals surface area contributed by atoms with Gasteiger partial charge in [-0.2, -0.15) is 0 Å². The van der Waals surface area contributed by atoms with Crippen molar-refractivity contribution < 1.29 is 14.7 Å². The summed E-state index contributed by atoms with van der Waals surface area (Å²) in [7, 11) is 0. The summed E-state index contributed by atoms with van der Waals surface area (Å²) in [4.78, 5) is 25.0. The minimum atomic E-state index is -0.138. The van der Waals surface area contributed by atoms with Crippen molar-refractivity contribution in [1.82, 2.24) is 4.90 Å². The number of rotatable bonds is 8. The largest absolute Gasteiger partial charge is 0.396 e. The van der Waals surface area contributed by atoms with Gasteiger partial charge in [0.05, 0.1) is 6.04 Å². The lowest BCUT2D eigenvalue weighted by Crippen LogP contribution is -2.34. The monoisotopic (exact) mass is 325 g/mol. The molecule has 1 unspecified atom stereocenters. The van der Waals surface area contributed by atoms with E-state index in [0.29, 0.717) is 24.9 Å². The van der Waals surface area contributed by atoms with Crippen molar-refractivity contribution in [3.8, 4) is 11.8 Å². The number of fused-ring (bicyclic) bond motifs is 1. The lowest BCUT2D eigenvalue weighted by atomic mass is 10.0. The maximum Gasteiger partial charge on any atom is 0.255 e. The van der Waals surface area contributed by atoms with E-state index in [2.05, 4.69) is 18.4 Å². The lowest BCUT2D eigenvalue weighted by molar-refractivity contribution is -0.108. The quantitative estimate of drug-likeness (QED) is 0.346. The number of nitrogens with zero attached hydrogens (tertiary/aromatic N) is 1. The van der Waals surface area contributed by atoms with Gasteiger partial charge in [-0.1, -0.05) is 24.0 Å². The predicted molar refractivity (Wildman–Crippen MR) is 93.4 cm³/mol. The highest BCUT2D eigenvalue weighted by atomic mass is 16.2. The Morgan fingerprint density at radius 1 is 1.38 bits per heavy atom. The Hall–Kier alpha value is -2.38. The average molecular weight is 325 g/mol. The number of hydrogen-bond donors (Lipinski definition) is 1. The number of unbranched alkanes of at least 4 members (excludes halogenated alkanes) is 2. The first-order valence-electron chi connectivity index (χ1n) is 8.31. The molecule has 0 aromatic heterocycles. The first-order valence-corrected chi connectivity index (χ1v) is 8.31. The van der Waals surface area contributed by atoms with Gasteiger partial charge in [0.25, 0.3) is 5.91 Å². The molecule has 0 saturated carbocycles. The first-order chi connectivity index (χ1) is 11.7. The summed E-state index contributed by atoms with van der Waals surface area (Å²) in [6.45, 7) is 4.49. The van der Waals surface area contributed by atoms with Crippen molar-refractivity contribution >= 4 is 12.2 Å². The molecule has 1 aliphatic rings. The summed E-state index contributed by atoms with van der Waals surface area (Å²) in [6, 6.07) is 5.48. The third kappa shape index (κ3) is 4.12. The summed E-state index contributed by atoms with van der Waals surface area (Å²) >= 11 is 0. The van der Waals surface area contributed by atoms with Crippen LogP contribution >= 0.6 is 0 Å². The number of carbonyl (C=O) groups excluding carboxylic acids is 2. The Balaban J connectivity index is 2.16. The van der Waals surface area contributed by atoms with Crippen LogP contribution in [0.15, 0.2) is 30.9 Å². The van der Waals surface area contributed by atoms with E-state index in [4.69, 9.17) is 5.11 Å². The number of aldehydes is 1. The van der Waals surface area contributed by atoms with Gasteiger partial charge in [0.2, 0.25) is 0 Å². The average Bonchev–Trinajstić information content (AvgIpc) is 2.93. The Labute approximate surface area is 143 Å². The summed E-state index contributed by atoms with van der Waals surface area (Å²) in [5.41, 5.74) is 2.52. The van der Waals surface area contributed by atoms with Crippen molar-refractivity contribution in [1.29, 1.82) is 0 Å². The minimum absolute atomic E-state index is 0.0234. The van der Waals surface area contributed by atoms with Gasteiger partial charge in [-0.3, -0.25) is 4.79 Å². The van der Waals surface area contributed by atoms with Crippen LogP contribution in [0.2, 0.25) is 0 Å². The molecule has 0 fully saturated rings. The summed E-state index contributed by atoms with van der Waals surface area (Å²) < 4.78 is 0. The molecular weight excluding hydrogens is 302 g/mol. The van der Waals surface area contributed by atoms with Crippen LogP contribution in [-0.2, 0) is 11.3 Å². The maximum atomic E-state index is 12.6. The number of benzene rings is 1.